The van der Waals surface area contributed by atoms with E-state index in [9.17, 15) is 43.5 Å². The Morgan fingerprint density at radius 3 is 2.02 bits per heavy atom. The first kappa shape index (κ1) is 82.1. The van der Waals surface area contributed by atoms with Gasteiger partial charge in [0.2, 0.25) is 58.8 Å². The molecule has 5 rings (SSSR count). The van der Waals surface area contributed by atoms with Crippen molar-refractivity contribution in [2.24, 2.45) is 35.3 Å². The summed E-state index contributed by atoms with van der Waals surface area (Å²) in [6, 6.07) is 7.81. The van der Waals surface area contributed by atoms with Crippen molar-refractivity contribution in [2.45, 2.75) is 259 Å². The normalized spacial score (nSPS) is 21.3. The number of hydrogen-bond acceptors (Lipinski definition) is 17. The van der Waals surface area contributed by atoms with Gasteiger partial charge in [0, 0.05) is 67.9 Å². The molecule has 3 heterocycles. The van der Waals surface area contributed by atoms with E-state index in [1.807, 2.05) is 58.9 Å². The van der Waals surface area contributed by atoms with Gasteiger partial charge in [0.15, 0.2) is 5.78 Å². The van der Waals surface area contributed by atoms with E-state index in [2.05, 4.69) is 63.4 Å². The first-order valence-electron chi connectivity index (χ1n) is 35.4. The van der Waals surface area contributed by atoms with E-state index in [0.717, 1.165) is 16.5 Å². The third-order valence-electron chi connectivity index (χ3n) is 18.8. The molecule has 2 bridgehead atoms. The van der Waals surface area contributed by atoms with Crippen LogP contribution in [0.1, 0.15) is 190 Å². The number of H-pyrrole nitrogens is 1. The molecule has 1 aliphatic heterocycles. The number of primary amides is 1. The molecule has 0 aliphatic carbocycles. The maximum atomic E-state index is 15.6. The second-order valence-electron chi connectivity index (χ2n) is 28.6. The van der Waals surface area contributed by atoms with Crippen LogP contribution in [0.25, 0.3) is 10.9 Å². The maximum Gasteiger partial charge on any atom is 0.246 e. The molecule has 0 saturated heterocycles. The number of nitrogens with one attached hydrogen (secondary N) is 10. The monoisotopic (exact) mass is 1390 g/mol. The number of nitrogens with two attached hydrogens (primary N) is 1. The third kappa shape index (κ3) is 25.0. The van der Waals surface area contributed by atoms with Crippen molar-refractivity contribution in [2.75, 3.05) is 0 Å². The molecular formula is C73H110N14O13. The van der Waals surface area contributed by atoms with Gasteiger partial charge in [0.05, 0.1) is 35.5 Å². The summed E-state index contributed by atoms with van der Waals surface area (Å²) >= 11 is 0. The Kier molecular flexibility index (Phi) is 31.9. The van der Waals surface area contributed by atoms with Crippen molar-refractivity contribution in [3.8, 4) is 0 Å². The van der Waals surface area contributed by atoms with E-state index in [0.29, 0.717) is 62.7 Å². The van der Waals surface area contributed by atoms with Crippen LogP contribution >= 0.6 is 0 Å². The number of aliphatic hydroxyl groups excluding tert-OH is 1. The maximum absolute atomic E-state index is 15.6. The molecule has 13 N–H and O–H groups in total. The number of aliphatic hydroxyl groups is 1. The van der Waals surface area contributed by atoms with Crippen LogP contribution in [-0.4, -0.2) is 155 Å². The lowest BCUT2D eigenvalue weighted by molar-refractivity contribution is -0.141. The Bertz CT molecular complexity index is 3460. The highest BCUT2D eigenvalue weighted by atomic mass is 16.3. The van der Waals surface area contributed by atoms with Crippen LogP contribution in [0, 0.1) is 29.6 Å². The van der Waals surface area contributed by atoms with Crippen molar-refractivity contribution in [1.29, 1.82) is 0 Å². The van der Waals surface area contributed by atoms with Crippen LogP contribution in [0.15, 0.2) is 67.0 Å². The zero-order valence-electron chi connectivity index (χ0n) is 60.6. The summed E-state index contributed by atoms with van der Waals surface area (Å²) in [5.41, 5.74) is 10.3. The van der Waals surface area contributed by atoms with Gasteiger partial charge in [-0.05, 0) is 134 Å². The lowest BCUT2D eigenvalue weighted by Gasteiger charge is -2.34. The number of hydrogen-bond donors (Lipinski definition) is 12. The van der Waals surface area contributed by atoms with Gasteiger partial charge in [-0.2, -0.15) is 0 Å². The van der Waals surface area contributed by atoms with Crippen LogP contribution in [0.5, 0.6) is 0 Å². The smallest absolute Gasteiger partial charge is 0.246 e. The average Bonchev–Trinajstić information content (AvgIpc) is 0.909. The second kappa shape index (κ2) is 38.9. The summed E-state index contributed by atoms with van der Waals surface area (Å²) in [4.78, 5) is 172. The number of rotatable bonds is 29. The van der Waals surface area contributed by atoms with E-state index in [1.54, 1.807) is 68.2 Å². The lowest BCUT2D eigenvalue weighted by Crippen LogP contribution is -2.62. The zero-order valence-corrected chi connectivity index (χ0v) is 60.6. The number of hydrazine groups is 1. The van der Waals surface area contributed by atoms with Gasteiger partial charge in [0.1, 0.15) is 35.5 Å². The minimum atomic E-state index is -1.68. The Morgan fingerprint density at radius 2 is 1.37 bits per heavy atom. The first-order chi connectivity index (χ1) is 47.1. The summed E-state index contributed by atoms with van der Waals surface area (Å²) in [5, 5.41) is 39.9. The Hall–Kier alpha value is -8.56. The fraction of sp³-hybridized carbons (Fsp3) is 0.616. The molecule has 8 amide bonds. The second-order valence-corrected chi connectivity index (χ2v) is 28.6. The molecule has 27 nitrogen and oxygen atoms in total. The molecule has 4 aromatic rings. The highest BCUT2D eigenvalue weighted by molar-refractivity contribution is 6.41. The van der Waals surface area contributed by atoms with E-state index >= 15 is 19.2 Å². The Balaban J connectivity index is 1.48. The fourth-order valence-corrected chi connectivity index (χ4v) is 12.4. The molecule has 2 aromatic carbocycles. The number of aryl methyl sites for hydroxylation is 2. The Morgan fingerprint density at radius 1 is 0.690 bits per heavy atom. The van der Waals surface area contributed by atoms with E-state index in [1.165, 1.54) is 34.6 Å². The van der Waals surface area contributed by atoms with Crippen LogP contribution in [0.3, 0.4) is 0 Å². The largest absolute Gasteiger partial charge is 0.391 e. The molecule has 1 aliphatic rings. The standard InChI is InChI=1S/C73H110N14O13/c1-14-44(6)61(85-83-46(8)65(74)94)64(93)63(92)45(7)76-66(95)47(9)77-71(100)73(13)33-24-27-54-41-87(86-84-54)34-23-16-15-22-32-72(12,60(91)39-52(38-53-40-75-56-29-21-20-28-55(53)56)59(90)31-30-51(35-42(2)3)67(96)81-73)82-69(98)58(37-50-25-18-17-19-26-50)79-70(99)62(48(10)88)80-68(97)57(36-43(4)5)78-49(11)89/h17-21,25-26,28-29,40-48,51-52,57-58,61-62,75,83,85,88H,14-16,22-24,27,30-39H2,1-13H3,(H2,74,94)(H,76,95)(H,77,100)(H,78,89)(H,79,99)(H,80,97)(H,81,96)(H,82,98)/t44-,45?,46+,47-,48+,51-,52+,57-,58-,61-,62-,72+,73-/m0/s1. The molecule has 1 unspecified atom stereocenters. The minimum Gasteiger partial charge on any atom is -0.391 e. The van der Waals surface area contributed by atoms with Crippen molar-refractivity contribution in [3.05, 3.63) is 83.8 Å². The highest BCUT2D eigenvalue weighted by Crippen LogP contribution is 2.30. The highest BCUT2D eigenvalue weighted by Gasteiger charge is 2.43. The molecule has 0 saturated carbocycles. The topological polar surface area (TPSA) is 406 Å². The van der Waals surface area contributed by atoms with Crippen LogP contribution in [-0.2, 0) is 83.3 Å². The number of ketones is 4. The number of nitrogens with zero attached hydrogens (tertiary/aromatic N) is 3. The number of carbonyl (C=O) groups is 12. The number of amides is 8. The van der Waals surface area contributed by atoms with Gasteiger partial charge in [-0.15, -0.1) is 5.10 Å². The van der Waals surface area contributed by atoms with Gasteiger partial charge >= 0.3 is 0 Å². The van der Waals surface area contributed by atoms with Crippen molar-refractivity contribution in [3.63, 3.8) is 0 Å². The fourth-order valence-electron chi connectivity index (χ4n) is 12.4. The zero-order chi connectivity index (χ0) is 74.2. The molecule has 27 heteroatoms. The van der Waals surface area contributed by atoms with Crippen LogP contribution in [0.4, 0.5) is 0 Å². The molecule has 2 aromatic heterocycles. The molecule has 0 fully saturated rings. The van der Waals surface area contributed by atoms with E-state index in [4.69, 9.17) is 5.73 Å². The average molecular weight is 1390 g/mol. The first-order valence-corrected chi connectivity index (χ1v) is 35.4. The number of aromatic amines is 1. The lowest BCUT2D eigenvalue weighted by atomic mass is 9.80. The number of Topliss-reactive ketones (excluding diaryl/α,β-unsaturated/α-hetero) is 4. The van der Waals surface area contributed by atoms with Gasteiger partial charge in [0.25, 0.3) is 0 Å². The predicted octanol–water partition coefficient (Wildman–Crippen LogP) is 4.30. The summed E-state index contributed by atoms with van der Waals surface area (Å²) in [7, 11) is 0. The Labute approximate surface area is 587 Å². The summed E-state index contributed by atoms with van der Waals surface area (Å²) in [5.74, 6) is -10.5. The molecule has 0 spiro atoms. The van der Waals surface area contributed by atoms with Gasteiger partial charge in [-0.25, -0.2) is 10.9 Å². The predicted molar refractivity (Wildman–Crippen MR) is 378 cm³/mol. The van der Waals surface area contributed by atoms with Crippen LogP contribution < -0.4 is 53.8 Å². The molecule has 13 atom stereocenters. The van der Waals surface area contributed by atoms with Crippen molar-refractivity contribution in [1.82, 2.24) is 68.0 Å². The van der Waals surface area contributed by atoms with E-state index in [-0.39, 0.29) is 81.3 Å². The SMILES string of the molecule is CC[C@H](C)[C@H](NN[C@H](C)C(N)=O)C(=O)C(=O)C(C)NC(=O)[C@H](C)NC(=O)[C@]1(C)CCCc2cn(nn2)CCCCCC[C@@](C)(NC(=O)[C@H](Cc2ccccc2)NC(=O)[C@@H](NC(=O)[C@H](CC(C)C)NC(C)=O)[C@@H](C)O)C(=O)C[C@@H](Cc2c[nH]c3ccccc23)C(=O)CC[C@@H](CC(C)C)C(=O)N1. The van der Waals surface area contributed by atoms with Crippen molar-refractivity contribution >= 4 is 81.3 Å². The number of aromatic nitrogens is 4. The third-order valence-corrected chi connectivity index (χ3v) is 18.8. The summed E-state index contributed by atoms with van der Waals surface area (Å²) < 4.78 is 1.71. The number of carbonyl (C=O) groups excluding carboxylic acids is 12. The molecular weight excluding hydrogens is 1280 g/mol. The molecule has 0 radical (unpaired) electrons. The van der Waals surface area contributed by atoms with Crippen molar-refractivity contribution < 1.29 is 62.6 Å². The summed E-state index contributed by atoms with van der Waals surface area (Å²) in [6.07, 6.45) is 5.87. The van der Waals surface area contributed by atoms with Gasteiger partial charge in [-0.3, -0.25) is 62.2 Å². The quantitative estimate of drug-likeness (QED) is 0.0266. The number of benzene rings is 2. The van der Waals surface area contributed by atoms with E-state index < -0.39 is 136 Å². The molecule has 550 valence electrons. The number of fused-ring (bicyclic) bond motifs is 3. The number of para-hydroxylation sites is 1. The van der Waals surface area contributed by atoms with Gasteiger partial charge in [-0.1, -0.05) is 121 Å². The summed E-state index contributed by atoms with van der Waals surface area (Å²) in [6.45, 7) is 21.6. The van der Waals surface area contributed by atoms with Gasteiger partial charge < -0.3 is 53.0 Å². The molecule has 100 heavy (non-hydrogen) atoms. The van der Waals surface area contributed by atoms with Crippen LogP contribution in [0.2, 0.25) is 0 Å². The minimum absolute atomic E-state index is 0.00765.